The first-order chi connectivity index (χ1) is 25.6. The number of hydrogen-bond acceptors (Lipinski definition) is 21. The third-order valence-corrected chi connectivity index (χ3v) is 9.40. The predicted octanol–water partition coefficient (Wildman–Crippen LogP) is -4.21. The molecule has 3 aromatic rings. The van der Waals surface area contributed by atoms with E-state index in [1.54, 1.807) is 0 Å². The van der Waals surface area contributed by atoms with E-state index in [-0.39, 0.29) is 16.9 Å². The highest BCUT2D eigenvalue weighted by Gasteiger charge is 2.50. The normalized spacial score (nSPS) is 37.3. The molecular formula is C33H40O21. The number of phenolic OH excluding ortho intramolecular Hbond substituents is 3. The van der Waals surface area contributed by atoms with Gasteiger partial charge in [-0.25, -0.2) is 0 Å². The van der Waals surface area contributed by atoms with Gasteiger partial charge < -0.3 is 99.2 Å². The summed E-state index contributed by atoms with van der Waals surface area (Å²) in [4.78, 5) is 13.9. The lowest BCUT2D eigenvalue weighted by Gasteiger charge is -2.45. The van der Waals surface area contributed by atoms with Crippen LogP contribution < -0.4 is 14.9 Å². The average Bonchev–Trinajstić information content (AvgIpc) is 3.14. The molecule has 0 bridgehead atoms. The fourth-order valence-corrected chi connectivity index (χ4v) is 6.33. The SMILES string of the molecule is C[C@@H]1O[C@@H](Oc2cc(O)c3c(=O)c(O[C@@H]4O[C@H](CO)[C@H](O)[C@H](O)[C@H]4O)c(-c4ccc(O)c(O)c4)oc3c2)[C@H](O)[C@H](O)[C@H]1O[C@@H]1O[C@H](CO)[C@@H](O)[C@H](O)[C@H]1O. The van der Waals surface area contributed by atoms with Crippen molar-refractivity contribution in [3.05, 3.63) is 40.6 Å². The highest BCUT2D eigenvalue weighted by Crippen LogP contribution is 2.40. The summed E-state index contributed by atoms with van der Waals surface area (Å²) < 4.78 is 39.3. The van der Waals surface area contributed by atoms with Crippen LogP contribution in [0.2, 0.25) is 0 Å². The van der Waals surface area contributed by atoms with Crippen LogP contribution in [0.4, 0.5) is 0 Å². The summed E-state index contributed by atoms with van der Waals surface area (Å²) in [5.41, 5.74) is -1.57. The molecule has 54 heavy (non-hydrogen) atoms. The largest absolute Gasteiger partial charge is 0.507 e. The van der Waals surface area contributed by atoms with Gasteiger partial charge in [0, 0.05) is 17.7 Å². The highest BCUT2D eigenvalue weighted by molar-refractivity contribution is 5.88. The zero-order valence-corrected chi connectivity index (χ0v) is 28.0. The van der Waals surface area contributed by atoms with Gasteiger partial charge in [-0.2, -0.15) is 0 Å². The standard InChI is InChI=1S/C33H40O21/c1-9-28(53-32-25(45)22(42)19(39)16(7-34)51-32)24(44)27(47)31(48-9)49-11-5-14(38)18-15(6-11)50-29(10-2-3-12(36)13(37)4-10)30(21(18)41)54-33-26(46)23(43)20(40)17(8-35)52-33/h2-6,9,16-17,19-20,22-28,31-40,42-47H,7-8H2,1H3/t9-,16+,17+,19+,20-,22-,23-,24-,25+,26+,27+,28-,31-,32-,33-/m0/s1. The summed E-state index contributed by atoms with van der Waals surface area (Å²) in [6.07, 6.45) is -25.1. The highest BCUT2D eigenvalue weighted by atomic mass is 16.7. The number of aliphatic hydroxyl groups excluding tert-OH is 10. The molecule has 21 nitrogen and oxygen atoms in total. The van der Waals surface area contributed by atoms with Crippen molar-refractivity contribution in [3.63, 3.8) is 0 Å². The van der Waals surface area contributed by atoms with Crippen LogP contribution in [0.1, 0.15) is 6.92 Å². The van der Waals surface area contributed by atoms with Crippen molar-refractivity contribution in [2.75, 3.05) is 13.2 Å². The second-order valence-corrected chi connectivity index (χ2v) is 13.0. The molecule has 3 aliphatic rings. The summed E-state index contributed by atoms with van der Waals surface area (Å²) in [5.74, 6) is -3.48. The maximum atomic E-state index is 13.9. The van der Waals surface area contributed by atoms with Crippen LogP contribution in [0.15, 0.2) is 39.5 Å². The van der Waals surface area contributed by atoms with Crippen LogP contribution in [0.3, 0.4) is 0 Å². The Labute approximate surface area is 303 Å². The van der Waals surface area contributed by atoms with Gasteiger partial charge in [-0.15, -0.1) is 0 Å². The Balaban J connectivity index is 1.30. The molecule has 3 aliphatic heterocycles. The van der Waals surface area contributed by atoms with Gasteiger partial charge in [0.15, 0.2) is 23.5 Å². The number of hydrogen-bond donors (Lipinski definition) is 13. The third kappa shape index (κ3) is 7.27. The van der Waals surface area contributed by atoms with Crippen LogP contribution in [-0.2, 0) is 18.9 Å². The molecule has 6 rings (SSSR count). The second kappa shape index (κ2) is 15.7. The summed E-state index contributed by atoms with van der Waals surface area (Å²) in [5, 5.41) is 133. The molecule has 0 aliphatic carbocycles. The number of phenols is 3. The maximum absolute atomic E-state index is 13.9. The van der Waals surface area contributed by atoms with Crippen molar-refractivity contribution in [3.8, 4) is 40.1 Å². The van der Waals surface area contributed by atoms with Gasteiger partial charge in [0.25, 0.3) is 0 Å². The van der Waals surface area contributed by atoms with Crippen LogP contribution in [0.25, 0.3) is 22.3 Å². The molecule has 21 heteroatoms. The molecule has 4 heterocycles. The van der Waals surface area contributed by atoms with Crippen LogP contribution in [-0.4, -0.2) is 172 Å². The smallest absolute Gasteiger partial charge is 0.239 e. The minimum Gasteiger partial charge on any atom is -0.507 e. The van der Waals surface area contributed by atoms with Gasteiger partial charge >= 0.3 is 0 Å². The molecule has 3 saturated heterocycles. The van der Waals surface area contributed by atoms with Crippen molar-refractivity contribution in [1.29, 1.82) is 0 Å². The Hall–Kier alpha value is -3.91. The topological polar surface area (TPSA) is 349 Å². The van der Waals surface area contributed by atoms with Crippen molar-refractivity contribution in [1.82, 2.24) is 0 Å². The molecule has 2 aromatic carbocycles. The van der Waals surface area contributed by atoms with E-state index in [1.807, 2.05) is 0 Å². The van der Waals surface area contributed by atoms with E-state index >= 15 is 0 Å². The molecule has 0 unspecified atom stereocenters. The van der Waals surface area contributed by atoms with E-state index < -0.39 is 145 Å². The van der Waals surface area contributed by atoms with Gasteiger partial charge in [0.1, 0.15) is 89.6 Å². The van der Waals surface area contributed by atoms with E-state index in [9.17, 15) is 71.2 Å². The Morgan fingerprint density at radius 2 is 1.20 bits per heavy atom. The molecular weight excluding hydrogens is 732 g/mol. The van der Waals surface area contributed by atoms with Gasteiger partial charge in [-0.05, 0) is 25.1 Å². The fraction of sp³-hybridized carbons (Fsp3) is 0.545. The molecule has 3 fully saturated rings. The first-order valence-corrected chi connectivity index (χ1v) is 16.5. The monoisotopic (exact) mass is 772 g/mol. The van der Waals surface area contributed by atoms with Crippen LogP contribution >= 0.6 is 0 Å². The zero-order valence-electron chi connectivity index (χ0n) is 28.0. The van der Waals surface area contributed by atoms with E-state index in [1.165, 1.54) is 13.0 Å². The van der Waals surface area contributed by atoms with E-state index in [0.29, 0.717) is 0 Å². The van der Waals surface area contributed by atoms with Crippen LogP contribution in [0, 0.1) is 0 Å². The molecule has 1 aromatic heterocycles. The number of ether oxygens (including phenoxy) is 6. The molecule has 15 atom stereocenters. The van der Waals surface area contributed by atoms with Crippen molar-refractivity contribution in [2.45, 2.75) is 99.0 Å². The molecule has 0 saturated carbocycles. The van der Waals surface area contributed by atoms with Gasteiger partial charge in [-0.1, -0.05) is 0 Å². The number of benzene rings is 2. The van der Waals surface area contributed by atoms with Crippen LogP contribution in [0.5, 0.6) is 28.7 Å². The minimum absolute atomic E-state index is 0.0943. The quantitative estimate of drug-likeness (QED) is 0.0917. The molecule has 0 spiro atoms. The number of rotatable bonds is 9. The second-order valence-electron chi connectivity index (χ2n) is 13.0. The number of fused-ring (bicyclic) bond motifs is 1. The summed E-state index contributed by atoms with van der Waals surface area (Å²) in [6, 6.07) is 5.25. The first kappa shape index (κ1) is 39.8. The van der Waals surface area contributed by atoms with Gasteiger partial charge in [0.05, 0.1) is 19.3 Å². The lowest BCUT2D eigenvalue weighted by atomic mass is 9.97. The van der Waals surface area contributed by atoms with Crippen molar-refractivity contribution in [2.24, 2.45) is 0 Å². The molecule has 0 radical (unpaired) electrons. The Bertz CT molecular complexity index is 1850. The van der Waals surface area contributed by atoms with E-state index in [4.69, 9.17) is 32.8 Å². The minimum atomic E-state index is -1.97. The number of aromatic hydroxyl groups is 3. The lowest BCUT2D eigenvalue weighted by molar-refractivity contribution is -0.348. The Morgan fingerprint density at radius 3 is 1.81 bits per heavy atom. The summed E-state index contributed by atoms with van der Waals surface area (Å²) in [7, 11) is 0. The van der Waals surface area contributed by atoms with Gasteiger partial charge in [0.2, 0.25) is 23.8 Å². The summed E-state index contributed by atoms with van der Waals surface area (Å²) in [6.45, 7) is -0.166. The Morgan fingerprint density at radius 1 is 0.630 bits per heavy atom. The molecule has 13 N–H and O–H groups in total. The van der Waals surface area contributed by atoms with Crippen molar-refractivity contribution >= 4 is 11.0 Å². The Kier molecular flexibility index (Phi) is 11.5. The van der Waals surface area contributed by atoms with E-state index in [2.05, 4.69) is 0 Å². The third-order valence-electron chi connectivity index (χ3n) is 9.40. The fourth-order valence-electron chi connectivity index (χ4n) is 6.33. The first-order valence-electron chi connectivity index (χ1n) is 16.5. The predicted molar refractivity (Wildman–Crippen MR) is 173 cm³/mol. The summed E-state index contributed by atoms with van der Waals surface area (Å²) >= 11 is 0. The van der Waals surface area contributed by atoms with E-state index in [0.717, 1.165) is 24.3 Å². The number of aliphatic hydroxyl groups is 10. The average molecular weight is 773 g/mol. The lowest BCUT2D eigenvalue weighted by Crippen LogP contribution is -2.64. The molecule has 298 valence electrons. The maximum Gasteiger partial charge on any atom is 0.239 e. The van der Waals surface area contributed by atoms with Crippen molar-refractivity contribution < 1.29 is 99.2 Å². The zero-order chi connectivity index (χ0) is 39.3. The van der Waals surface area contributed by atoms with Gasteiger partial charge in [-0.3, -0.25) is 4.79 Å². The molecule has 0 amide bonds.